The van der Waals surface area contributed by atoms with Crippen molar-refractivity contribution < 1.29 is 0 Å². The van der Waals surface area contributed by atoms with Gasteiger partial charge in [-0.1, -0.05) is 60.1 Å². The van der Waals surface area contributed by atoms with Crippen LogP contribution in [0, 0.1) is 0 Å². The molecule has 1 heterocycles. The number of aromatic nitrogens is 1. The van der Waals surface area contributed by atoms with Gasteiger partial charge in [0.2, 0.25) is 0 Å². The second-order valence-corrected chi connectivity index (χ2v) is 6.16. The summed E-state index contributed by atoms with van der Waals surface area (Å²) in [5, 5.41) is 4.91. The van der Waals surface area contributed by atoms with Gasteiger partial charge in [0.1, 0.15) is 5.01 Å². The molecule has 1 aromatic heterocycles. The molecule has 0 atom stereocenters. The Morgan fingerprint density at radius 3 is 2.48 bits per heavy atom. The van der Waals surface area contributed by atoms with Crippen molar-refractivity contribution in [1.82, 2.24) is 10.3 Å². The maximum Gasteiger partial charge on any atom is 0.125 e. The smallest absolute Gasteiger partial charge is 0.125 e. The topological polar surface area (TPSA) is 24.9 Å². The number of benzene rings is 2. The monoisotopic (exact) mass is 314 g/mol. The van der Waals surface area contributed by atoms with Crippen molar-refractivity contribution in [3.05, 3.63) is 64.5 Å². The molecule has 106 valence electrons. The van der Waals surface area contributed by atoms with E-state index < -0.39 is 0 Å². The molecular weight excluding hydrogens is 300 g/mol. The summed E-state index contributed by atoms with van der Waals surface area (Å²) in [6, 6.07) is 18.1. The van der Waals surface area contributed by atoms with Crippen LogP contribution in [0.3, 0.4) is 0 Å². The molecule has 2 aromatic carbocycles. The fraction of sp³-hybridized carbons (Fsp3) is 0.118. The van der Waals surface area contributed by atoms with Gasteiger partial charge in [0.15, 0.2) is 0 Å². The fourth-order valence-electron chi connectivity index (χ4n) is 2.20. The van der Waals surface area contributed by atoms with Gasteiger partial charge >= 0.3 is 0 Å². The van der Waals surface area contributed by atoms with Crippen LogP contribution < -0.4 is 5.32 Å². The van der Waals surface area contributed by atoms with Crippen LogP contribution in [-0.4, -0.2) is 12.0 Å². The highest BCUT2D eigenvalue weighted by atomic mass is 35.5. The molecule has 3 rings (SSSR count). The van der Waals surface area contributed by atoms with E-state index in [1.54, 1.807) is 11.3 Å². The Hall–Kier alpha value is -1.68. The van der Waals surface area contributed by atoms with Crippen molar-refractivity contribution in [3.8, 4) is 21.8 Å². The minimum atomic E-state index is 0.738. The molecule has 1 N–H and O–H groups in total. The summed E-state index contributed by atoms with van der Waals surface area (Å²) in [4.78, 5) is 6.05. The second-order valence-electron chi connectivity index (χ2n) is 4.67. The van der Waals surface area contributed by atoms with E-state index in [9.17, 15) is 0 Å². The van der Waals surface area contributed by atoms with Gasteiger partial charge in [-0.05, 0) is 13.1 Å². The molecule has 0 bridgehead atoms. The quantitative estimate of drug-likeness (QED) is 0.744. The SMILES string of the molecule is CNCc1sc(-c2ccccc2Cl)nc1-c1ccccc1. The Bertz CT molecular complexity index is 738. The number of hydrogen-bond acceptors (Lipinski definition) is 3. The average molecular weight is 315 g/mol. The first-order chi connectivity index (χ1) is 10.3. The minimum Gasteiger partial charge on any atom is -0.315 e. The van der Waals surface area contributed by atoms with Crippen molar-refractivity contribution in [2.75, 3.05) is 7.05 Å². The molecule has 21 heavy (non-hydrogen) atoms. The summed E-state index contributed by atoms with van der Waals surface area (Å²) in [5.41, 5.74) is 3.16. The number of nitrogens with zero attached hydrogens (tertiary/aromatic N) is 1. The van der Waals surface area contributed by atoms with Crippen molar-refractivity contribution in [3.63, 3.8) is 0 Å². The first-order valence-corrected chi connectivity index (χ1v) is 7.93. The number of hydrogen-bond donors (Lipinski definition) is 1. The molecule has 0 saturated heterocycles. The molecule has 0 amide bonds. The van der Waals surface area contributed by atoms with Crippen LogP contribution >= 0.6 is 22.9 Å². The van der Waals surface area contributed by atoms with E-state index in [0.29, 0.717) is 0 Å². The third kappa shape index (κ3) is 3.00. The van der Waals surface area contributed by atoms with Gasteiger partial charge in [-0.3, -0.25) is 0 Å². The number of nitrogens with one attached hydrogen (secondary N) is 1. The van der Waals surface area contributed by atoms with Crippen LogP contribution in [0.25, 0.3) is 21.8 Å². The number of thiazole rings is 1. The van der Waals surface area contributed by atoms with Crippen LogP contribution in [0.5, 0.6) is 0 Å². The predicted molar refractivity (Wildman–Crippen MR) is 90.8 cm³/mol. The van der Waals surface area contributed by atoms with Gasteiger partial charge in [0, 0.05) is 22.5 Å². The van der Waals surface area contributed by atoms with Crippen molar-refractivity contribution >= 4 is 22.9 Å². The van der Waals surface area contributed by atoms with Gasteiger partial charge in [-0.15, -0.1) is 11.3 Å². The zero-order valence-electron chi connectivity index (χ0n) is 11.6. The molecule has 2 nitrogen and oxygen atoms in total. The molecule has 0 saturated carbocycles. The van der Waals surface area contributed by atoms with E-state index in [1.165, 1.54) is 4.88 Å². The summed E-state index contributed by atoms with van der Waals surface area (Å²) in [6.07, 6.45) is 0. The number of rotatable bonds is 4. The Labute approximate surface area is 133 Å². The van der Waals surface area contributed by atoms with Gasteiger partial charge in [0.05, 0.1) is 10.7 Å². The maximum atomic E-state index is 6.29. The summed E-state index contributed by atoms with van der Waals surface area (Å²) in [5.74, 6) is 0. The molecule has 0 unspecified atom stereocenters. The lowest BCUT2D eigenvalue weighted by molar-refractivity contribution is 0.831. The third-order valence-corrected chi connectivity index (χ3v) is 4.60. The zero-order chi connectivity index (χ0) is 14.7. The van der Waals surface area contributed by atoms with Crippen molar-refractivity contribution in [1.29, 1.82) is 0 Å². The third-order valence-electron chi connectivity index (χ3n) is 3.19. The lowest BCUT2D eigenvalue weighted by Crippen LogP contribution is -2.04. The zero-order valence-corrected chi connectivity index (χ0v) is 13.2. The van der Waals surface area contributed by atoms with E-state index in [4.69, 9.17) is 16.6 Å². The molecule has 3 aromatic rings. The van der Waals surface area contributed by atoms with Crippen LogP contribution in [-0.2, 0) is 6.54 Å². The van der Waals surface area contributed by atoms with Crippen LogP contribution in [0.15, 0.2) is 54.6 Å². The molecular formula is C17H15ClN2S. The predicted octanol–water partition coefficient (Wildman–Crippen LogP) is 4.85. The Kier molecular flexibility index (Phi) is 4.34. The summed E-state index contributed by atoms with van der Waals surface area (Å²) < 4.78 is 0. The lowest BCUT2D eigenvalue weighted by Gasteiger charge is -2.00. The van der Waals surface area contributed by atoms with E-state index in [2.05, 4.69) is 17.4 Å². The Balaban J connectivity index is 2.11. The van der Waals surface area contributed by atoms with E-state index >= 15 is 0 Å². The van der Waals surface area contributed by atoms with E-state index in [-0.39, 0.29) is 0 Å². The molecule has 0 aliphatic carbocycles. The molecule has 0 spiro atoms. The van der Waals surface area contributed by atoms with Crippen LogP contribution in [0.4, 0.5) is 0 Å². The van der Waals surface area contributed by atoms with Gasteiger partial charge in [-0.25, -0.2) is 4.98 Å². The largest absolute Gasteiger partial charge is 0.315 e. The summed E-state index contributed by atoms with van der Waals surface area (Å²) >= 11 is 7.98. The molecule has 0 radical (unpaired) electrons. The molecule has 0 aliphatic heterocycles. The van der Waals surface area contributed by atoms with Crippen LogP contribution in [0.1, 0.15) is 4.88 Å². The van der Waals surface area contributed by atoms with Gasteiger partial charge in [0.25, 0.3) is 0 Å². The van der Waals surface area contributed by atoms with Crippen molar-refractivity contribution in [2.45, 2.75) is 6.54 Å². The van der Waals surface area contributed by atoms with Gasteiger partial charge in [-0.2, -0.15) is 0 Å². The van der Waals surface area contributed by atoms with E-state index in [0.717, 1.165) is 33.4 Å². The molecule has 0 aliphatic rings. The maximum absolute atomic E-state index is 6.29. The first kappa shape index (κ1) is 14.3. The number of halogens is 1. The molecule has 4 heteroatoms. The minimum absolute atomic E-state index is 0.738. The highest BCUT2D eigenvalue weighted by Crippen LogP contribution is 2.36. The van der Waals surface area contributed by atoms with E-state index in [1.807, 2.05) is 49.5 Å². The standard InChI is InChI=1S/C17H15ClN2S/c1-19-11-15-16(12-7-3-2-4-8-12)20-17(21-15)13-9-5-6-10-14(13)18/h2-10,19H,11H2,1H3. The summed E-state index contributed by atoms with van der Waals surface area (Å²) in [6.45, 7) is 0.798. The second kappa shape index (κ2) is 6.39. The summed E-state index contributed by atoms with van der Waals surface area (Å²) in [7, 11) is 1.95. The highest BCUT2D eigenvalue weighted by molar-refractivity contribution is 7.15. The van der Waals surface area contributed by atoms with Gasteiger partial charge < -0.3 is 5.32 Å². The molecule has 0 fully saturated rings. The Morgan fingerprint density at radius 1 is 1.05 bits per heavy atom. The fourth-order valence-corrected chi connectivity index (χ4v) is 3.62. The van der Waals surface area contributed by atoms with Crippen molar-refractivity contribution in [2.24, 2.45) is 0 Å². The highest BCUT2D eigenvalue weighted by Gasteiger charge is 2.15. The normalized spacial score (nSPS) is 10.8. The van der Waals surface area contributed by atoms with Crippen LogP contribution in [0.2, 0.25) is 5.02 Å². The average Bonchev–Trinajstić information content (AvgIpc) is 2.93. The lowest BCUT2D eigenvalue weighted by atomic mass is 10.1. The Morgan fingerprint density at radius 2 is 1.76 bits per heavy atom. The first-order valence-electron chi connectivity index (χ1n) is 6.74.